The fraction of sp³-hybridized carbons (Fsp3) is 0.423. The predicted octanol–water partition coefficient (Wildman–Crippen LogP) is 3.24. The van der Waals surface area contributed by atoms with Gasteiger partial charge in [-0.25, -0.2) is 4.98 Å². The highest BCUT2D eigenvalue weighted by Crippen LogP contribution is 2.30. The van der Waals surface area contributed by atoms with Crippen molar-refractivity contribution in [3.63, 3.8) is 0 Å². The van der Waals surface area contributed by atoms with Gasteiger partial charge in [-0.15, -0.1) is 0 Å². The molecule has 1 N–H and O–H groups in total. The summed E-state index contributed by atoms with van der Waals surface area (Å²) in [6.07, 6.45) is 0.401. The Morgan fingerprint density at radius 1 is 1.08 bits per heavy atom. The van der Waals surface area contributed by atoms with Crippen molar-refractivity contribution in [2.45, 2.75) is 44.4 Å². The van der Waals surface area contributed by atoms with Crippen LogP contribution < -0.4 is 10.2 Å². The third kappa shape index (κ3) is 5.63. The maximum Gasteiger partial charge on any atom is 0.433 e. The molecule has 0 atom stereocenters. The van der Waals surface area contributed by atoms with Gasteiger partial charge in [0.15, 0.2) is 0 Å². The first-order valence-electron chi connectivity index (χ1n) is 12.5. The molecule has 38 heavy (non-hydrogen) atoms. The fourth-order valence-electron chi connectivity index (χ4n) is 4.53. The maximum absolute atomic E-state index is 13.0. The molecule has 1 aliphatic carbocycles. The molecule has 9 nitrogen and oxygen atoms in total. The van der Waals surface area contributed by atoms with Gasteiger partial charge in [0.05, 0.1) is 5.52 Å². The Balaban J connectivity index is 1.21. The number of carbonyl (C=O) groups excluding carboxylic acids is 3. The fourth-order valence-corrected chi connectivity index (χ4v) is 4.53. The van der Waals surface area contributed by atoms with Crippen LogP contribution in [0.25, 0.3) is 10.9 Å². The SMILES string of the molecule is CN(C(=O)c1cccc(C(F)(F)F)n1)c1ccc2nn(CC(=O)N3CCC(NC(=O)C4CC4)CC3)cc2c1. The highest BCUT2D eigenvalue weighted by molar-refractivity contribution is 6.05. The molecule has 0 bridgehead atoms. The molecule has 0 radical (unpaired) electrons. The van der Waals surface area contributed by atoms with Crippen molar-refractivity contribution in [2.24, 2.45) is 5.92 Å². The van der Waals surface area contributed by atoms with Gasteiger partial charge in [0, 0.05) is 49.4 Å². The van der Waals surface area contributed by atoms with Crippen molar-refractivity contribution in [1.29, 1.82) is 0 Å². The molecular formula is C26H27F3N6O3. The molecule has 1 saturated heterocycles. The minimum absolute atomic E-state index is 0.0477. The third-order valence-corrected chi connectivity index (χ3v) is 6.93. The summed E-state index contributed by atoms with van der Waals surface area (Å²) in [6.45, 7) is 1.18. The number of hydrogen-bond donors (Lipinski definition) is 1. The number of alkyl halides is 3. The number of likely N-dealkylation sites (tertiary alicyclic amines) is 1. The Kier molecular flexibility index (Phi) is 6.80. The van der Waals surface area contributed by atoms with Gasteiger partial charge in [-0.1, -0.05) is 6.07 Å². The molecule has 200 valence electrons. The topological polar surface area (TPSA) is 100 Å². The molecule has 5 rings (SSSR count). The van der Waals surface area contributed by atoms with Gasteiger partial charge in [-0.3, -0.25) is 19.1 Å². The van der Waals surface area contributed by atoms with Crippen LogP contribution in [0.5, 0.6) is 0 Å². The second-order valence-electron chi connectivity index (χ2n) is 9.78. The van der Waals surface area contributed by atoms with E-state index in [1.165, 1.54) is 22.7 Å². The lowest BCUT2D eigenvalue weighted by Crippen LogP contribution is -2.47. The number of nitrogens with zero attached hydrogens (tertiary/aromatic N) is 5. The molecule has 1 aliphatic heterocycles. The molecule has 1 saturated carbocycles. The summed E-state index contributed by atoms with van der Waals surface area (Å²) in [5.74, 6) is -0.474. The van der Waals surface area contributed by atoms with Crippen molar-refractivity contribution in [3.8, 4) is 0 Å². The number of hydrogen-bond acceptors (Lipinski definition) is 5. The van der Waals surface area contributed by atoms with Crippen LogP contribution in [0, 0.1) is 5.92 Å². The van der Waals surface area contributed by atoms with Gasteiger partial charge in [0.1, 0.15) is 17.9 Å². The van der Waals surface area contributed by atoms with Crippen molar-refractivity contribution >= 4 is 34.3 Å². The number of nitrogens with one attached hydrogen (secondary N) is 1. The van der Waals surface area contributed by atoms with Gasteiger partial charge in [0.25, 0.3) is 5.91 Å². The summed E-state index contributed by atoms with van der Waals surface area (Å²) >= 11 is 0. The maximum atomic E-state index is 13.0. The Bertz CT molecular complexity index is 1380. The molecule has 2 fully saturated rings. The number of carbonyl (C=O) groups is 3. The van der Waals surface area contributed by atoms with E-state index in [2.05, 4.69) is 15.4 Å². The summed E-state index contributed by atoms with van der Waals surface area (Å²) in [7, 11) is 1.45. The zero-order chi connectivity index (χ0) is 27.0. The third-order valence-electron chi connectivity index (χ3n) is 6.93. The minimum Gasteiger partial charge on any atom is -0.353 e. The van der Waals surface area contributed by atoms with Gasteiger partial charge >= 0.3 is 6.18 Å². The summed E-state index contributed by atoms with van der Waals surface area (Å²) in [6, 6.07) is 8.30. The number of anilines is 1. The monoisotopic (exact) mass is 528 g/mol. The van der Waals surface area contributed by atoms with Crippen LogP contribution in [0.2, 0.25) is 0 Å². The number of piperidine rings is 1. The first-order chi connectivity index (χ1) is 18.1. The number of fused-ring (bicyclic) bond motifs is 1. The molecule has 2 aromatic heterocycles. The summed E-state index contributed by atoms with van der Waals surface area (Å²) < 4.78 is 40.5. The van der Waals surface area contributed by atoms with Gasteiger partial charge in [0.2, 0.25) is 11.8 Å². The van der Waals surface area contributed by atoms with E-state index < -0.39 is 17.8 Å². The number of halogens is 3. The first-order valence-corrected chi connectivity index (χ1v) is 12.5. The largest absolute Gasteiger partial charge is 0.433 e. The highest BCUT2D eigenvalue weighted by Gasteiger charge is 2.34. The van der Waals surface area contributed by atoms with Crippen LogP contribution in [0.1, 0.15) is 41.9 Å². The minimum atomic E-state index is -4.65. The molecule has 1 aromatic carbocycles. The second-order valence-corrected chi connectivity index (χ2v) is 9.78. The van der Waals surface area contributed by atoms with Crippen molar-refractivity contribution in [2.75, 3.05) is 25.0 Å². The van der Waals surface area contributed by atoms with Crippen molar-refractivity contribution in [3.05, 3.63) is 54.0 Å². The van der Waals surface area contributed by atoms with Gasteiger partial charge in [-0.05, 0) is 56.0 Å². The van der Waals surface area contributed by atoms with Gasteiger partial charge in [-0.2, -0.15) is 18.3 Å². The summed E-state index contributed by atoms with van der Waals surface area (Å²) in [5.41, 5.74) is -0.394. The smallest absolute Gasteiger partial charge is 0.353 e. The molecule has 3 amide bonds. The Hall–Kier alpha value is -3.96. The predicted molar refractivity (Wildman–Crippen MR) is 132 cm³/mol. The van der Waals surface area contributed by atoms with E-state index in [0.717, 1.165) is 37.8 Å². The quantitative estimate of drug-likeness (QED) is 0.530. The van der Waals surface area contributed by atoms with Crippen LogP contribution >= 0.6 is 0 Å². The summed E-state index contributed by atoms with van der Waals surface area (Å²) in [4.78, 5) is 44.1. The number of benzene rings is 1. The van der Waals surface area contributed by atoms with Crippen LogP contribution in [-0.2, 0) is 22.3 Å². The Morgan fingerprint density at radius 3 is 2.50 bits per heavy atom. The van der Waals surface area contributed by atoms with E-state index in [1.54, 1.807) is 29.3 Å². The lowest BCUT2D eigenvalue weighted by Gasteiger charge is -2.32. The van der Waals surface area contributed by atoms with E-state index in [1.807, 2.05) is 0 Å². The van der Waals surface area contributed by atoms with Crippen LogP contribution in [0.3, 0.4) is 0 Å². The van der Waals surface area contributed by atoms with Crippen molar-refractivity contribution < 1.29 is 27.6 Å². The molecular weight excluding hydrogens is 501 g/mol. The molecule has 3 heterocycles. The van der Waals surface area contributed by atoms with Crippen LogP contribution in [0.15, 0.2) is 42.6 Å². The molecule has 12 heteroatoms. The number of amides is 3. The highest BCUT2D eigenvalue weighted by atomic mass is 19.4. The van der Waals surface area contributed by atoms with E-state index in [9.17, 15) is 27.6 Å². The standard InChI is InChI=1S/C26H27F3N6O3/c1-33(25(38)21-3-2-4-22(31-21)26(27,28)29)19-7-8-20-17(13-19)14-35(32-20)15-23(36)34-11-9-18(10-12-34)30-24(37)16-5-6-16/h2-4,7-8,13-14,16,18H,5-6,9-12,15H2,1H3,(H,30,37). The zero-order valence-electron chi connectivity index (χ0n) is 20.7. The molecule has 0 unspecified atom stereocenters. The normalized spacial score (nSPS) is 16.5. The van der Waals surface area contributed by atoms with Crippen LogP contribution in [0.4, 0.5) is 18.9 Å². The average molecular weight is 529 g/mol. The lowest BCUT2D eigenvalue weighted by atomic mass is 10.0. The lowest BCUT2D eigenvalue weighted by molar-refractivity contribution is -0.141. The number of aromatic nitrogens is 3. The van der Waals surface area contributed by atoms with E-state index in [0.29, 0.717) is 29.7 Å². The van der Waals surface area contributed by atoms with Gasteiger partial charge < -0.3 is 15.1 Å². The average Bonchev–Trinajstić information content (AvgIpc) is 3.68. The van der Waals surface area contributed by atoms with Crippen LogP contribution in [-0.4, -0.2) is 63.6 Å². The van der Waals surface area contributed by atoms with E-state index in [4.69, 9.17) is 0 Å². The zero-order valence-corrected chi connectivity index (χ0v) is 20.7. The molecule has 0 spiro atoms. The van der Waals surface area contributed by atoms with E-state index >= 15 is 0 Å². The Labute approximate surface area is 216 Å². The first kappa shape index (κ1) is 25.7. The van der Waals surface area contributed by atoms with Crippen molar-refractivity contribution in [1.82, 2.24) is 25.0 Å². The Morgan fingerprint density at radius 2 is 1.82 bits per heavy atom. The summed E-state index contributed by atoms with van der Waals surface area (Å²) in [5, 5.41) is 8.19. The molecule has 3 aromatic rings. The number of rotatable bonds is 6. The number of pyridine rings is 1. The van der Waals surface area contributed by atoms with E-state index in [-0.39, 0.29) is 36.0 Å². The molecule has 2 aliphatic rings. The second kappa shape index (κ2) is 10.1.